The maximum Gasteiger partial charge on any atom is 0.243 e. The van der Waals surface area contributed by atoms with E-state index in [-0.39, 0.29) is 17.6 Å². The molecular formula is C29H33ClN2O2S. The summed E-state index contributed by atoms with van der Waals surface area (Å²) in [5.74, 6) is -0.0180. The van der Waals surface area contributed by atoms with Gasteiger partial charge in [-0.1, -0.05) is 71.8 Å². The number of hydrogen-bond donors (Lipinski definition) is 1. The number of carbonyl (C=O) groups is 2. The van der Waals surface area contributed by atoms with Gasteiger partial charge in [0.1, 0.15) is 6.04 Å². The topological polar surface area (TPSA) is 49.4 Å². The highest BCUT2D eigenvalue weighted by molar-refractivity contribution is 8.00. The standard InChI is InChI=1S/C29H33ClN2O2S/c1-21-10-12-23(13-11-21)19-32(27(33)20-35-25-16-14-24(30)15-17-25)26(28(34)31-29(2,3)4)18-22-8-6-5-7-9-22/h5-17,26H,18-20H2,1-4H3,(H,31,34). The SMILES string of the molecule is Cc1ccc(CN(C(=O)CSc2ccc(Cl)cc2)C(Cc2ccccc2)C(=O)NC(C)(C)C)cc1. The van der Waals surface area contributed by atoms with E-state index in [4.69, 9.17) is 11.6 Å². The molecule has 0 aliphatic heterocycles. The van der Waals surface area contributed by atoms with Crippen LogP contribution in [-0.2, 0) is 22.6 Å². The molecule has 1 unspecified atom stereocenters. The first-order chi connectivity index (χ1) is 16.6. The van der Waals surface area contributed by atoms with Gasteiger partial charge in [0.05, 0.1) is 5.75 Å². The summed E-state index contributed by atoms with van der Waals surface area (Å²) >= 11 is 7.45. The summed E-state index contributed by atoms with van der Waals surface area (Å²) in [4.78, 5) is 29.9. The molecule has 0 bridgehead atoms. The van der Waals surface area contributed by atoms with Crippen LogP contribution in [0, 0.1) is 6.92 Å². The van der Waals surface area contributed by atoms with Gasteiger partial charge in [-0.05, 0) is 63.1 Å². The molecule has 3 aromatic rings. The lowest BCUT2D eigenvalue weighted by Crippen LogP contribution is -2.54. The molecule has 1 atom stereocenters. The fourth-order valence-corrected chi connectivity index (χ4v) is 4.57. The number of thioether (sulfide) groups is 1. The van der Waals surface area contributed by atoms with Crippen molar-refractivity contribution in [3.63, 3.8) is 0 Å². The van der Waals surface area contributed by atoms with Gasteiger partial charge in [0, 0.05) is 28.4 Å². The average Bonchev–Trinajstić information content (AvgIpc) is 2.81. The second-order valence-electron chi connectivity index (χ2n) is 9.69. The minimum atomic E-state index is -0.642. The van der Waals surface area contributed by atoms with Gasteiger partial charge in [-0.3, -0.25) is 9.59 Å². The molecule has 1 N–H and O–H groups in total. The van der Waals surface area contributed by atoms with E-state index in [2.05, 4.69) is 5.32 Å². The van der Waals surface area contributed by atoms with Gasteiger partial charge >= 0.3 is 0 Å². The Balaban J connectivity index is 1.91. The molecule has 0 spiro atoms. The van der Waals surface area contributed by atoms with Crippen LogP contribution >= 0.6 is 23.4 Å². The van der Waals surface area contributed by atoms with Crippen molar-refractivity contribution < 1.29 is 9.59 Å². The van der Waals surface area contributed by atoms with Crippen LogP contribution < -0.4 is 5.32 Å². The number of amides is 2. The highest BCUT2D eigenvalue weighted by Gasteiger charge is 2.32. The Kier molecular flexibility index (Phi) is 9.41. The lowest BCUT2D eigenvalue weighted by molar-refractivity contribution is -0.140. The van der Waals surface area contributed by atoms with E-state index in [9.17, 15) is 9.59 Å². The van der Waals surface area contributed by atoms with Crippen molar-refractivity contribution in [2.24, 2.45) is 0 Å². The third-order valence-corrected chi connectivity index (χ3v) is 6.67. The zero-order chi connectivity index (χ0) is 25.4. The van der Waals surface area contributed by atoms with Crippen molar-refractivity contribution >= 4 is 35.2 Å². The number of aryl methyl sites for hydroxylation is 1. The Labute approximate surface area is 218 Å². The molecule has 0 aliphatic rings. The third-order valence-electron chi connectivity index (χ3n) is 5.42. The monoisotopic (exact) mass is 508 g/mol. The molecule has 184 valence electrons. The Hall–Kier alpha value is -2.76. The van der Waals surface area contributed by atoms with Crippen molar-refractivity contribution in [2.75, 3.05) is 5.75 Å². The Morgan fingerprint density at radius 2 is 1.54 bits per heavy atom. The minimum Gasteiger partial charge on any atom is -0.350 e. The van der Waals surface area contributed by atoms with Crippen LogP contribution in [0.4, 0.5) is 0 Å². The van der Waals surface area contributed by atoms with Crippen molar-refractivity contribution in [1.29, 1.82) is 0 Å². The first-order valence-corrected chi connectivity index (χ1v) is 13.1. The number of rotatable bonds is 9. The van der Waals surface area contributed by atoms with Crippen LogP contribution in [0.1, 0.15) is 37.5 Å². The van der Waals surface area contributed by atoms with Gasteiger partial charge in [0.25, 0.3) is 0 Å². The summed E-state index contributed by atoms with van der Waals surface area (Å²) in [6.45, 7) is 8.24. The number of benzene rings is 3. The summed E-state index contributed by atoms with van der Waals surface area (Å²) < 4.78 is 0. The van der Waals surface area contributed by atoms with E-state index >= 15 is 0 Å². The van der Waals surface area contributed by atoms with E-state index in [1.165, 1.54) is 11.8 Å². The van der Waals surface area contributed by atoms with Crippen LogP contribution in [-0.4, -0.2) is 34.0 Å². The number of halogens is 1. The van der Waals surface area contributed by atoms with Gasteiger partial charge in [0.15, 0.2) is 0 Å². The number of carbonyl (C=O) groups excluding carboxylic acids is 2. The van der Waals surface area contributed by atoms with Crippen molar-refractivity contribution in [3.8, 4) is 0 Å². The van der Waals surface area contributed by atoms with E-state index in [1.54, 1.807) is 4.90 Å². The predicted molar refractivity (Wildman–Crippen MR) is 146 cm³/mol. The lowest BCUT2D eigenvalue weighted by Gasteiger charge is -2.34. The molecule has 6 heteroatoms. The molecule has 0 radical (unpaired) electrons. The highest BCUT2D eigenvalue weighted by atomic mass is 35.5. The third kappa shape index (κ3) is 8.75. The summed E-state index contributed by atoms with van der Waals surface area (Å²) in [6.07, 6.45) is 0.436. The first kappa shape index (κ1) is 26.8. The fraction of sp³-hybridized carbons (Fsp3) is 0.310. The highest BCUT2D eigenvalue weighted by Crippen LogP contribution is 2.23. The maximum atomic E-state index is 13.7. The molecule has 0 fully saturated rings. The Morgan fingerprint density at radius 1 is 0.914 bits per heavy atom. The van der Waals surface area contributed by atoms with Crippen LogP contribution in [0.2, 0.25) is 5.02 Å². The first-order valence-electron chi connectivity index (χ1n) is 11.7. The lowest BCUT2D eigenvalue weighted by atomic mass is 10.0. The summed E-state index contributed by atoms with van der Waals surface area (Å²) in [5, 5.41) is 3.75. The summed E-state index contributed by atoms with van der Waals surface area (Å²) in [5.41, 5.74) is 2.73. The number of hydrogen-bond acceptors (Lipinski definition) is 3. The van der Waals surface area contributed by atoms with E-state index < -0.39 is 11.6 Å². The largest absolute Gasteiger partial charge is 0.350 e. The van der Waals surface area contributed by atoms with Gasteiger partial charge in [0.2, 0.25) is 11.8 Å². The van der Waals surface area contributed by atoms with Crippen LogP contribution in [0.5, 0.6) is 0 Å². The van der Waals surface area contributed by atoms with E-state index in [0.29, 0.717) is 18.0 Å². The normalized spacial score (nSPS) is 12.1. The van der Waals surface area contributed by atoms with Crippen LogP contribution in [0.15, 0.2) is 83.8 Å². The second kappa shape index (κ2) is 12.3. The maximum absolute atomic E-state index is 13.7. The molecule has 0 aliphatic carbocycles. The van der Waals surface area contributed by atoms with Gasteiger partial charge in [-0.2, -0.15) is 0 Å². The second-order valence-corrected chi connectivity index (χ2v) is 11.2. The number of nitrogens with one attached hydrogen (secondary N) is 1. The van der Waals surface area contributed by atoms with Crippen molar-refractivity contribution in [3.05, 3.63) is 101 Å². The molecule has 35 heavy (non-hydrogen) atoms. The van der Waals surface area contributed by atoms with E-state index in [1.807, 2.05) is 107 Å². The summed E-state index contributed by atoms with van der Waals surface area (Å²) in [7, 11) is 0. The molecular weight excluding hydrogens is 476 g/mol. The average molecular weight is 509 g/mol. The number of nitrogens with zero attached hydrogens (tertiary/aromatic N) is 1. The molecule has 4 nitrogen and oxygen atoms in total. The molecule has 0 saturated heterocycles. The molecule has 0 heterocycles. The predicted octanol–water partition coefficient (Wildman–Crippen LogP) is 6.30. The van der Waals surface area contributed by atoms with E-state index in [0.717, 1.165) is 21.6 Å². The zero-order valence-corrected chi connectivity index (χ0v) is 22.3. The van der Waals surface area contributed by atoms with Crippen LogP contribution in [0.25, 0.3) is 0 Å². The smallest absolute Gasteiger partial charge is 0.243 e. The van der Waals surface area contributed by atoms with Crippen LogP contribution in [0.3, 0.4) is 0 Å². The van der Waals surface area contributed by atoms with Gasteiger partial charge in [-0.15, -0.1) is 11.8 Å². The molecule has 2 amide bonds. The summed E-state index contributed by atoms with van der Waals surface area (Å²) in [6, 6.07) is 24.7. The van der Waals surface area contributed by atoms with Crippen molar-refractivity contribution in [2.45, 2.75) is 57.1 Å². The molecule has 3 rings (SSSR count). The van der Waals surface area contributed by atoms with Gasteiger partial charge in [-0.25, -0.2) is 0 Å². The molecule has 3 aromatic carbocycles. The quantitative estimate of drug-likeness (QED) is 0.345. The molecule has 0 saturated carbocycles. The Bertz CT molecular complexity index is 1110. The van der Waals surface area contributed by atoms with Gasteiger partial charge < -0.3 is 10.2 Å². The fourth-order valence-electron chi connectivity index (χ4n) is 3.66. The molecule has 0 aromatic heterocycles. The van der Waals surface area contributed by atoms with Crippen molar-refractivity contribution in [1.82, 2.24) is 10.2 Å². The Morgan fingerprint density at radius 3 is 2.14 bits per heavy atom. The zero-order valence-electron chi connectivity index (χ0n) is 20.8. The minimum absolute atomic E-state index is 0.0875.